The molecule has 0 bridgehead atoms. The number of hydrogen-bond donors (Lipinski definition) is 2. The van der Waals surface area contributed by atoms with E-state index in [1.807, 2.05) is 11.3 Å². The van der Waals surface area contributed by atoms with Gasteiger partial charge in [-0.25, -0.2) is 0 Å². The van der Waals surface area contributed by atoms with Crippen LogP contribution in [0.1, 0.15) is 16.5 Å². The highest BCUT2D eigenvalue weighted by Crippen LogP contribution is 2.34. The second-order valence-electron chi connectivity index (χ2n) is 4.35. The molecule has 1 atom stereocenters. The van der Waals surface area contributed by atoms with E-state index in [2.05, 4.69) is 69.8 Å². The topological polar surface area (TPSA) is 38.0 Å². The number of nitrogens with two attached hydrogens (primary N) is 1. The molecule has 0 aliphatic rings. The zero-order valence-corrected chi connectivity index (χ0v) is 13.9. The Kier molecular flexibility index (Phi) is 4.18. The Labute approximate surface area is 133 Å². The molecule has 19 heavy (non-hydrogen) atoms. The summed E-state index contributed by atoms with van der Waals surface area (Å²) in [7, 11) is 0. The molecule has 1 unspecified atom stereocenters. The second-order valence-corrected chi connectivity index (χ2v) is 7.66. The van der Waals surface area contributed by atoms with Crippen molar-refractivity contribution in [2.45, 2.75) is 12.5 Å². The highest BCUT2D eigenvalue weighted by molar-refractivity contribution is 14.1. The molecule has 0 radical (unpaired) electrons. The summed E-state index contributed by atoms with van der Waals surface area (Å²) in [5.74, 6) is 5.73. The van der Waals surface area contributed by atoms with Gasteiger partial charge in [-0.2, -0.15) is 0 Å². The summed E-state index contributed by atoms with van der Waals surface area (Å²) in [5.41, 5.74) is 4.25. The molecule has 0 aliphatic heterocycles. The summed E-state index contributed by atoms with van der Waals surface area (Å²) >= 11 is 5.93. The van der Waals surface area contributed by atoms with E-state index in [-0.39, 0.29) is 6.04 Å². The maximum absolute atomic E-state index is 5.73. The maximum Gasteiger partial charge on any atom is 0.0594 e. The number of rotatable bonds is 4. The first-order chi connectivity index (χ1) is 9.26. The highest BCUT2D eigenvalue weighted by atomic mass is 127. The van der Waals surface area contributed by atoms with Crippen molar-refractivity contribution in [3.63, 3.8) is 0 Å². The van der Waals surface area contributed by atoms with E-state index < -0.39 is 0 Å². The number of benzene rings is 1. The van der Waals surface area contributed by atoms with Crippen molar-refractivity contribution >= 4 is 54.7 Å². The van der Waals surface area contributed by atoms with Crippen LogP contribution < -0.4 is 11.3 Å². The Morgan fingerprint density at radius 2 is 1.95 bits per heavy atom. The zero-order valence-electron chi connectivity index (χ0n) is 10.1. The quantitative estimate of drug-likeness (QED) is 0.389. The molecule has 0 saturated carbocycles. The third-order valence-corrected chi connectivity index (χ3v) is 5.98. The molecule has 3 rings (SSSR count). The Morgan fingerprint density at radius 3 is 2.63 bits per heavy atom. The summed E-state index contributed by atoms with van der Waals surface area (Å²) in [5, 5.41) is 2.13. The van der Waals surface area contributed by atoms with Crippen molar-refractivity contribution in [3.8, 4) is 0 Å². The van der Waals surface area contributed by atoms with Crippen LogP contribution in [0, 0.1) is 3.57 Å². The number of thiophene rings is 2. The van der Waals surface area contributed by atoms with Gasteiger partial charge in [0, 0.05) is 17.8 Å². The monoisotopic (exact) mass is 400 g/mol. The van der Waals surface area contributed by atoms with E-state index in [1.165, 1.54) is 23.4 Å². The summed E-state index contributed by atoms with van der Waals surface area (Å²) in [6.45, 7) is 0. The van der Waals surface area contributed by atoms with Gasteiger partial charge < -0.3 is 0 Å². The first-order valence-electron chi connectivity index (χ1n) is 5.94. The average molecular weight is 400 g/mol. The molecule has 0 saturated heterocycles. The normalized spacial score (nSPS) is 12.9. The largest absolute Gasteiger partial charge is 0.271 e. The van der Waals surface area contributed by atoms with Crippen molar-refractivity contribution in [1.82, 2.24) is 5.43 Å². The number of nitrogens with one attached hydrogen (secondary N) is 1. The summed E-state index contributed by atoms with van der Waals surface area (Å²) in [6, 6.07) is 13.2. The highest BCUT2D eigenvalue weighted by Gasteiger charge is 2.14. The predicted octanol–water partition coefficient (Wildman–Crippen LogP) is 4.31. The van der Waals surface area contributed by atoms with Gasteiger partial charge in [-0.15, -0.1) is 22.7 Å². The Hall–Kier alpha value is -0.470. The third kappa shape index (κ3) is 3.00. The number of hydrogen-bond acceptors (Lipinski definition) is 4. The van der Waals surface area contributed by atoms with E-state index in [0.29, 0.717) is 0 Å². The minimum Gasteiger partial charge on any atom is -0.271 e. The van der Waals surface area contributed by atoms with Crippen LogP contribution in [-0.4, -0.2) is 0 Å². The summed E-state index contributed by atoms with van der Waals surface area (Å²) in [4.78, 5) is 1.31. The fourth-order valence-corrected chi connectivity index (χ4v) is 4.59. The number of hydrazine groups is 1. The molecule has 2 heterocycles. The van der Waals surface area contributed by atoms with Crippen LogP contribution in [0.2, 0.25) is 0 Å². The zero-order chi connectivity index (χ0) is 13.2. The van der Waals surface area contributed by atoms with E-state index in [9.17, 15) is 0 Å². The molecule has 2 aromatic heterocycles. The van der Waals surface area contributed by atoms with Crippen LogP contribution in [0.3, 0.4) is 0 Å². The van der Waals surface area contributed by atoms with E-state index >= 15 is 0 Å². The first kappa shape index (κ1) is 13.5. The predicted molar refractivity (Wildman–Crippen MR) is 92.6 cm³/mol. The fourth-order valence-electron chi connectivity index (χ4n) is 2.05. The molecule has 2 nitrogen and oxygen atoms in total. The van der Waals surface area contributed by atoms with Crippen LogP contribution >= 0.6 is 45.3 Å². The molecule has 0 spiro atoms. The molecular weight excluding hydrogens is 387 g/mol. The van der Waals surface area contributed by atoms with Crippen LogP contribution in [0.25, 0.3) is 9.40 Å². The van der Waals surface area contributed by atoms with Crippen LogP contribution in [0.15, 0.2) is 41.8 Å². The smallest absolute Gasteiger partial charge is 0.0594 e. The van der Waals surface area contributed by atoms with Crippen LogP contribution in [-0.2, 0) is 6.42 Å². The second kappa shape index (κ2) is 5.88. The lowest BCUT2D eigenvalue weighted by atomic mass is 10.1. The number of fused-ring (bicyclic) bond motifs is 1. The molecule has 3 N–H and O–H groups in total. The Morgan fingerprint density at radius 1 is 1.16 bits per heavy atom. The fraction of sp³-hybridized carbons (Fsp3) is 0.143. The van der Waals surface area contributed by atoms with Gasteiger partial charge in [0.1, 0.15) is 0 Å². The standard InChI is InChI=1S/C14H13IN2S2/c15-10-3-1-9(2-4-10)7-11(17-16)13-8-14-12(19-13)5-6-18-14/h1-6,8,11,17H,7,16H2. The molecule has 0 amide bonds. The van der Waals surface area contributed by atoms with E-state index in [1.54, 1.807) is 11.3 Å². The SMILES string of the molecule is NNC(Cc1ccc(I)cc1)c1cc2sccc2s1. The maximum atomic E-state index is 5.73. The first-order valence-corrected chi connectivity index (χ1v) is 8.71. The molecule has 3 aromatic rings. The van der Waals surface area contributed by atoms with Crippen molar-refractivity contribution in [3.05, 3.63) is 55.8 Å². The number of halogens is 1. The Bertz CT molecular complexity index is 644. The lowest BCUT2D eigenvalue weighted by Crippen LogP contribution is -2.28. The van der Waals surface area contributed by atoms with Crippen LogP contribution in [0.5, 0.6) is 0 Å². The van der Waals surface area contributed by atoms with Crippen molar-refractivity contribution in [1.29, 1.82) is 0 Å². The van der Waals surface area contributed by atoms with E-state index in [4.69, 9.17) is 5.84 Å². The van der Waals surface area contributed by atoms with Crippen LogP contribution in [0.4, 0.5) is 0 Å². The lowest BCUT2D eigenvalue weighted by molar-refractivity contribution is 0.561. The average Bonchev–Trinajstić information content (AvgIpc) is 2.99. The van der Waals surface area contributed by atoms with Gasteiger partial charge in [-0.05, 0) is 64.2 Å². The van der Waals surface area contributed by atoms with E-state index in [0.717, 1.165) is 6.42 Å². The van der Waals surface area contributed by atoms with Gasteiger partial charge >= 0.3 is 0 Å². The van der Waals surface area contributed by atoms with Crippen molar-refractivity contribution in [2.24, 2.45) is 5.84 Å². The third-order valence-electron chi connectivity index (χ3n) is 3.06. The van der Waals surface area contributed by atoms with Gasteiger partial charge in [0.2, 0.25) is 0 Å². The summed E-state index contributed by atoms with van der Waals surface area (Å²) in [6.07, 6.45) is 0.918. The van der Waals surface area contributed by atoms with Crippen molar-refractivity contribution in [2.75, 3.05) is 0 Å². The summed E-state index contributed by atoms with van der Waals surface area (Å²) < 4.78 is 3.96. The van der Waals surface area contributed by atoms with Gasteiger partial charge in [0.05, 0.1) is 6.04 Å². The molecule has 98 valence electrons. The molecule has 0 fully saturated rings. The molecular formula is C14H13IN2S2. The van der Waals surface area contributed by atoms with Crippen molar-refractivity contribution < 1.29 is 0 Å². The minimum absolute atomic E-state index is 0.185. The van der Waals surface area contributed by atoms with Gasteiger partial charge in [0.15, 0.2) is 0 Å². The molecule has 0 aliphatic carbocycles. The molecule has 1 aromatic carbocycles. The van der Waals surface area contributed by atoms with Gasteiger partial charge in [0.25, 0.3) is 0 Å². The molecule has 5 heteroatoms. The Balaban J connectivity index is 1.84. The van der Waals surface area contributed by atoms with Gasteiger partial charge in [-0.3, -0.25) is 11.3 Å². The minimum atomic E-state index is 0.185. The lowest BCUT2D eigenvalue weighted by Gasteiger charge is -2.14. The van der Waals surface area contributed by atoms with Gasteiger partial charge in [-0.1, -0.05) is 12.1 Å².